The number of aromatic hydroxyl groups is 1. The Morgan fingerprint density at radius 2 is 2.25 bits per heavy atom. The van der Waals surface area contributed by atoms with E-state index in [1.54, 1.807) is 24.3 Å². The second-order valence-electron chi connectivity index (χ2n) is 5.39. The summed E-state index contributed by atoms with van der Waals surface area (Å²) < 4.78 is 0. The average Bonchev–Trinajstić information content (AvgIpc) is 2.45. The molecule has 0 aromatic heterocycles. The third-order valence-corrected chi connectivity index (χ3v) is 3.81. The molecule has 20 heavy (non-hydrogen) atoms. The lowest BCUT2D eigenvalue weighted by Crippen LogP contribution is -2.45. The number of hydrogen-bond acceptors (Lipinski definition) is 3. The molecule has 1 amide bonds. The minimum atomic E-state index is -0.0426. The van der Waals surface area contributed by atoms with Crippen LogP contribution in [-0.4, -0.2) is 40.2 Å². The van der Waals surface area contributed by atoms with Gasteiger partial charge in [-0.3, -0.25) is 4.79 Å². The smallest absolute Gasteiger partial charge is 0.246 e. The molecular weight excluding hydrogens is 254 g/mol. The fourth-order valence-electron chi connectivity index (χ4n) is 2.53. The number of hydrogen-bond donors (Lipinski definition) is 2. The zero-order valence-corrected chi connectivity index (χ0v) is 11.7. The second kappa shape index (κ2) is 6.57. The number of amides is 1. The van der Waals surface area contributed by atoms with Gasteiger partial charge in [0, 0.05) is 25.3 Å². The van der Waals surface area contributed by atoms with Crippen LogP contribution in [0.2, 0.25) is 0 Å². The van der Waals surface area contributed by atoms with Crippen molar-refractivity contribution < 1.29 is 15.0 Å². The van der Waals surface area contributed by atoms with E-state index in [1.165, 1.54) is 6.08 Å². The fraction of sp³-hybridized carbons (Fsp3) is 0.438. The number of likely N-dealkylation sites (tertiary alicyclic amines) is 1. The number of phenols is 1. The van der Waals surface area contributed by atoms with Crippen molar-refractivity contribution >= 4 is 12.0 Å². The SMILES string of the molecule is CC1CCC(CO)CN1C(=O)/C=C/c1cccc(O)c1. The summed E-state index contributed by atoms with van der Waals surface area (Å²) in [6.07, 6.45) is 5.14. The number of carbonyl (C=O) groups is 1. The van der Waals surface area contributed by atoms with Crippen LogP contribution in [-0.2, 0) is 4.79 Å². The van der Waals surface area contributed by atoms with Crippen molar-refractivity contribution in [2.45, 2.75) is 25.8 Å². The molecule has 1 aromatic carbocycles. The maximum atomic E-state index is 12.2. The molecule has 0 radical (unpaired) electrons. The number of piperidine rings is 1. The lowest BCUT2D eigenvalue weighted by atomic mass is 9.94. The largest absolute Gasteiger partial charge is 0.508 e. The number of benzene rings is 1. The summed E-state index contributed by atoms with van der Waals surface area (Å²) in [7, 11) is 0. The number of nitrogens with zero attached hydrogens (tertiary/aromatic N) is 1. The van der Waals surface area contributed by atoms with E-state index in [2.05, 4.69) is 0 Å². The Labute approximate surface area is 119 Å². The molecule has 0 saturated carbocycles. The van der Waals surface area contributed by atoms with Gasteiger partial charge < -0.3 is 15.1 Å². The van der Waals surface area contributed by atoms with Gasteiger partial charge in [0.1, 0.15) is 5.75 Å². The van der Waals surface area contributed by atoms with E-state index in [4.69, 9.17) is 0 Å². The maximum Gasteiger partial charge on any atom is 0.246 e. The van der Waals surface area contributed by atoms with Gasteiger partial charge in [-0.2, -0.15) is 0 Å². The predicted molar refractivity (Wildman–Crippen MR) is 78.1 cm³/mol. The highest BCUT2D eigenvalue weighted by Crippen LogP contribution is 2.22. The number of rotatable bonds is 3. The van der Waals surface area contributed by atoms with Gasteiger partial charge in [0.15, 0.2) is 0 Å². The van der Waals surface area contributed by atoms with Crippen molar-refractivity contribution in [2.24, 2.45) is 5.92 Å². The summed E-state index contributed by atoms with van der Waals surface area (Å²) in [5.74, 6) is 0.328. The monoisotopic (exact) mass is 275 g/mol. The highest BCUT2D eigenvalue weighted by atomic mass is 16.3. The molecule has 4 heteroatoms. The van der Waals surface area contributed by atoms with Crippen LogP contribution in [0.5, 0.6) is 5.75 Å². The van der Waals surface area contributed by atoms with Crippen LogP contribution in [0.1, 0.15) is 25.3 Å². The molecule has 1 aromatic rings. The van der Waals surface area contributed by atoms with Crippen LogP contribution >= 0.6 is 0 Å². The minimum Gasteiger partial charge on any atom is -0.508 e. The highest BCUT2D eigenvalue weighted by Gasteiger charge is 2.27. The Morgan fingerprint density at radius 3 is 2.95 bits per heavy atom. The number of aliphatic hydroxyl groups excluding tert-OH is 1. The predicted octanol–water partition coefficient (Wildman–Crippen LogP) is 2.02. The van der Waals surface area contributed by atoms with Gasteiger partial charge in [0.05, 0.1) is 0 Å². The lowest BCUT2D eigenvalue weighted by Gasteiger charge is -2.36. The summed E-state index contributed by atoms with van der Waals surface area (Å²) >= 11 is 0. The summed E-state index contributed by atoms with van der Waals surface area (Å²) in [6.45, 7) is 2.78. The first-order chi connectivity index (χ1) is 9.60. The Hall–Kier alpha value is -1.81. The summed E-state index contributed by atoms with van der Waals surface area (Å²) in [6, 6.07) is 6.99. The van der Waals surface area contributed by atoms with Crippen molar-refractivity contribution in [3.05, 3.63) is 35.9 Å². The molecule has 1 heterocycles. The van der Waals surface area contributed by atoms with Gasteiger partial charge in [-0.15, -0.1) is 0 Å². The van der Waals surface area contributed by atoms with Crippen molar-refractivity contribution in [2.75, 3.05) is 13.2 Å². The van der Waals surface area contributed by atoms with E-state index in [9.17, 15) is 15.0 Å². The van der Waals surface area contributed by atoms with Crippen molar-refractivity contribution in [1.29, 1.82) is 0 Å². The molecule has 2 N–H and O–H groups in total. The van der Waals surface area contributed by atoms with Crippen LogP contribution in [0.25, 0.3) is 6.08 Å². The molecule has 2 atom stereocenters. The Morgan fingerprint density at radius 1 is 1.45 bits per heavy atom. The standard InChI is InChI=1S/C16H21NO3/c1-12-5-6-14(11-18)10-17(12)16(20)8-7-13-3-2-4-15(19)9-13/h2-4,7-9,12,14,18-19H,5-6,10-11H2,1H3/b8-7+. The second-order valence-corrected chi connectivity index (χ2v) is 5.39. The van der Waals surface area contributed by atoms with E-state index >= 15 is 0 Å². The van der Waals surface area contributed by atoms with Crippen LogP contribution < -0.4 is 0 Å². The first kappa shape index (κ1) is 14.6. The van der Waals surface area contributed by atoms with Crippen LogP contribution in [0.15, 0.2) is 30.3 Å². The highest BCUT2D eigenvalue weighted by molar-refractivity contribution is 5.92. The molecule has 1 saturated heterocycles. The maximum absolute atomic E-state index is 12.2. The first-order valence-corrected chi connectivity index (χ1v) is 6.98. The normalized spacial score (nSPS) is 23.2. The summed E-state index contributed by atoms with van der Waals surface area (Å²) in [5.41, 5.74) is 0.793. The van der Waals surface area contributed by atoms with Gasteiger partial charge in [-0.05, 0) is 49.5 Å². The van der Waals surface area contributed by atoms with Gasteiger partial charge >= 0.3 is 0 Å². The number of phenolic OH excluding ortho intramolecular Hbond substituents is 1. The Bertz CT molecular complexity index is 498. The molecule has 2 unspecified atom stereocenters. The number of carbonyl (C=O) groups excluding carboxylic acids is 1. The van der Waals surface area contributed by atoms with Crippen LogP contribution in [0.4, 0.5) is 0 Å². The molecular formula is C16H21NO3. The van der Waals surface area contributed by atoms with Crippen molar-refractivity contribution in [3.8, 4) is 5.75 Å². The molecule has 4 nitrogen and oxygen atoms in total. The molecule has 0 aliphatic carbocycles. The third-order valence-electron chi connectivity index (χ3n) is 3.81. The van der Waals surface area contributed by atoms with Gasteiger partial charge in [0.2, 0.25) is 5.91 Å². The van der Waals surface area contributed by atoms with E-state index in [0.717, 1.165) is 18.4 Å². The van der Waals surface area contributed by atoms with Crippen LogP contribution in [0.3, 0.4) is 0 Å². The lowest BCUT2D eigenvalue weighted by molar-refractivity contribution is -0.130. The molecule has 1 aliphatic heterocycles. The zero-order chi connectivity index (χ0) is 14.5. The van der Waals surface area contributed by atoms with E-state index in [0.29, 0.717) is 6.54 Å². The topological polar surface area (TPSA) is 60.8 Å². The van der Waals surface area contributed by atoms with Crippen molar-refractivity contribution in [3.63, 3.8) is 0 Å². The zero-order valence-electron chi connectivity index (χ0n) is 11.7. The fourth-order valence-corrected chi connectivity index (χ4v) is 2.53. The Kier molecular flexibility index (Phi) is 4.79. The molecule has 1 aliphatic rings. The molecule has 0 bridgehead atoms. The van der Waals surface area contributed by atoms with Gasteiger partial charge in [0.25, 0.3) is 0 Å². The average molecular weight is 275 g/mol. The summed E-state index contributed by atoms with van der Waals surface area (Å²) in [4.78, 5) is 14.0. The summed E-state index contributed by atoms with van der Waals surface area (Å²) in [5, 5.41) is 18.6. The molecule has 2 rings (SSSR count). The molecule has 1 fully saturated rings. The van der Waals surface area contributed by atoms with Crippen LogP contribution in [0, 0.1) is 5.92 Å². The van der Waals surface area contributed by atoms with Gasteiger partial charge in [-0.1, -0.05) is 12.1 Å². The third kappa shape index (κ3) is 3.61. The van der Waals surface area contributed by atoms with E-state index in [1.807, 2.05) is 17.9 Å². The minimum absolute atomic E-state index is 0.0426. The van der Waals surface area contributed by atoms with E-state index in [-0.39, 0.29) is 30.2 Å². The first-order valence-electron chi connectivity index (χ1n) is 6.98. The quantitative estimate of drug-likeness (QED) is 0.830. The van der Waals surface area contributed by atoms with E-state index < -0.39 is 0 Å². The number of aliphatic hydroxyl groups is 1. The molecule has 0 spiro atoms. The van der Waals surface area contributed by atoms with Gasteiger partial charge in [-0.25, -0.2) is 0 Å². The Balaban J connectivity index is 2.03. The van der Waals surface area contributed by atoms with Crippen molar-refractivity contribution in [1.82, 2.24) is 4.90 Å². The molecule has 108 valence electrons.